The molecule has 32 heavy (non-hydrogen) atoms. The van der Waals surface area contributed by atoms with E-state index in [-0.39, 0.29) is 23.1 Å². The predicted molar refractivity (Wildman–Crippen MR) is 126 cm³/mol. The number of rotatable bonds is 6. The molecular formula is C24H27N5O2S. The van der Waals surface area contributed by atoms with Gasteiger partial charge in [0.1, 0.15) is 0 Å². The summed E-state index contributed by atoms with van der Waals surface area (Å²) < 4.78 is 2.03. The smallest absolute Gasteiger partial charge is 0.324 e. The van der Waals surface area contributed by atoms with Crippen LogP contribution in [0.2, 0.25) is 0 Å². The highest BCUT2D eigenvalue weighted by molar-refractivity contribution is 7.99. The number of carbonyl (C=O) groups excluding carboxylic acids is 2. The molecule has 166 valence electrons. The van der Waals surface area contributed by atoms with Crippen molar-refractivity contribution in [1.29, 1.82) is 0 Å². The molecule has 8 heteroatoms. The van der Waals surface area contributed by atoms with Gasteiger partial charge in [-0.25, -0.2) is 4.79 Å². The van der Waals surface area contributed by atoms with Crippen molar-refractivity contribution < 1.29 is 9.59 Å². The Hall–Kier alpha value is -3.13. The first kappa shape index (κ1) is 22.1. The summed E-state index contributed by atoms with van der Waals surface area (Å²) in [6.45, 7) is 8.05. The fourth-order valence-electron chi connectivity index (χ4n) is 3.55. The van der Waals surface area contributed by atoms with E-state index in [0.29, 0.717) is 24.8 Å². The van der Waals surface area contributed by atoms with Gasteiger partial charge in [-0.05, 0) is 16.5 Å². The van der Waals surface area contributed by atoms with Crippen LogP contribution in [0, 0.1) is 0 Å². The van der Waals surface area contributed by atoms with E-state index >= 15 is 0 Å². The number of urea groups is 1. The lowest BCUT2D eigenvalue weighted by Crippen LogP contribution is -2.35. The molecule has 1 aromatic heterocycles. The van der Waals surface area contributed by atoms with Crippen molar-refractivity contribution in [1.82, 2.24) is 25.0 Å². The van der Waals surface area contributed by atoms with Gasteiger partial charge in [0, 0.05) is 18.7 Å². The third kappa shape index (κ3) is 4.85. The van der Waals surface area contributed by atoms with Crippen LogP contribution >= 0.6 is 11.8 Å². The number of nitrogens with one attached hydrogen (secondary N) is 1. The van der Waals surface area contributed by atoms with E-state index in [1.807, 2.05) is 22.8 Å². The third-order valence-electron chi connectivity index (χ3n) is 5.39. The molecule has 0 atom stereocenters. The number of amides is 3. The van der Waals surface area contributed by atoms with Crippen LogP contribution in [0.4, 0.5) is 4.79 Å². The normalized spacial score (nSPS) is 14.0. The Balaban J connectivity index is 1.61. The van der Waals surface area contributed by atoms with Gasteiger partial charge in [0.2, 0.25) is 5.91 Å². The van der Waals surface area contributed by atoms with Crippen molar-refractivity contribution >= 4 is 23.7 Å². The van der Waals surface area contributed by atoms with Gasteiger partial charge >= 0.3 is 6.03 Å². The van der Waals surface area contributed by atoms with Gasteiger partial charge in [0.25, 0.3) is 0 Å². The summed E-state index contributed by atoms with van der Waals surface area (Å²) in [4.78, 5) is 25.5. The third-order valence-corrected chi connectivity index (χ3v) is 6.34. The van der Waals surface area contributed by atoms with Crippen LogP contribution in [-0.2, 0) is 16.8 Å². The number of thioether (sulfide) groups is 1. The van der Waals surface area contributed by atoms with Crippen LogP contribution in [0.15, 0.2) is 59.8 Å². The quantitative estimate of drug-likeness (QED) is 0.577. The number of aromatic nitrogens is 3. The number of imide groups is 1. The lowest BCUT2D eigenvalue weighted by molar-refractivity contribution is -0.124. The van der Waals surface area contributed by atoms with E-state index in [2.05, 4.69) is 72.7 Å². The van der Waals surface area contributed by atoms with Crippen molar-refractivity contribution in [3.05, 3.63) is 65.7 Å². The summed E-state index contributed by atoms with van der Waals surface area (Å²) in [6, 6.07) is 18.2. The van der Waals surface area contributed by atoms with Crippen molar-refractivity contribution in [3.63, 3.8) is 0 Å². The molecule has 0 radical (unpaired) electrons. The second-order valence-corrected chi connectivity index (χ2v) is 9.71. The Labute approximate surface area is 192 Å². The number of hydrogen-bond acceptors (Lipinski definition) is 5. The summed E-state index contributed by atoms with van der Waals surface area (Å²) in [5.74, 6) is 0.655. The van der Waals surface area contributed by atoms with Crippen LogP contribution in [0.5, 0.6) is 0 Å². The molecule has 0 bridgehead atoms. The number of hydrogen-bond donors (Lipinski definition) is 1. The first-order chi connectivity index (χ1) is 15.3. The van der Waals surface area contributed by atoms with Crippen LogP contribution in [0.1, 0.15) is 31.9 Å². The zero-order valence-electron chi connectivity index (χ0n) is 18.5. The monoisotopic (exact) mass is 449 g/mol. The Morgan fingerprint density at radius 1 is 1.06 bits per heavy atom. The van der Waals surface area contributed by atoms with Crippen molar-refractivity contribution in [2.75, 3.05) is 18.8 Å². The zero-order valence-corrected chi connectivity index (χ0v) is 19.4. The maximum Gasteiger partial charge on any atom is 0.324 e. The van der Waals surface area contributed by atoms with Crippen LogP contribution < -0.4 is 5.32 Å². The molecule has 0 spiro atoms. The number of benzene rings is 2. The Bertz CT molecular complexity index is 1100. The average molecular weight is 450 g/mol. The second kappa shape index (κ2) is 9.16. The SMILES string of the molecule is CC(C)(C)c1ccc(-c2nnc(SCC(=O)N3CCNC3=O)n2Cc2ccccc2)cc1. The fraction of sp³-hybridized carbons (Fsp3) is 0.333. The van der Waals surface area contributed by atoms with E-state index < -0.39 is 0 Å². The highest BCUT2D eigenvalue weighted by Crippen LogP contribution is 2.28. The molecule has 2 aromatic carbocycles. The molecular weight excluding hydrogens is 422 g/mol. The standard InChI is InChI=1S/C24H27N5O2S/c1-24(2,3)19-11-9-18(10-12-19)21-26-27-23(29(21)15-17-7-5-4-6-8-17)32-16-20(30)28-14-13-25-22(28)31/h4-12H,13-16H2,1-3H3,(H,25,31). The van der Waals surface area contributed by atoms with E-state index in [0.717, 1.165) is 17.0 Å². The molecule has 0 saturated carbocycles. The maximum absolute atomic E-state index is 12.5. The topological polar surface area (TPSA) is 80.1 Å². The van der Waals surface area contributed by atoms with Gasteiger partial charge in [-0.3, -0.25) is 14.3 Å². The van der Waals surface area contributed by atoms with E-state index in [9.17, 15) is 9.59 Å². The summed E-state index contributed by atoms with van der Waals surface area (Å²) in [7, 11) is 0. The molecule has 1 N–H and O–H groups in total. The van der Waals surface area contributed by atoms with Gasteiger partial charge in [-0.15, -0.1) is 10.2 Å². The van der Waals surface area contributed by atoms with Gasteiger partial charge < -0.3 is 5.32 Å². The van der Waals surface area contributed by atoms with Crippen molar-refractivity contribution in [2.45, 2.75) is 37.9 Å². The Morgan fingerprint density at radius 2 is 1.78 bits per heavy atom. The highest BCUT2D eigenvalue weighted by Gasteiger charge is 2.27. The molecule has 1 aliphatic rings. The molecule has 1 saturated heterocycles. The van der Waals surface area contributed by atoms with E-state index in [1.165, 1.54) is 22.2 Å². The molecule has 1 fully saturated rings. The van der Waals surface area contributed by atoms with E-state index in [4.69, 9.17) is 0 Å². The molecule has 7 nitrogen and oxygen atoms in total. The minimum absolute atomic E-state index is 0.0689. The predicted octanol–water partition coefficient (Wildman–Crippen LogP) is 3.93. The van der Waals surface area contributed by atoms with Crippen molar-refractivity contribution in [3.8, 4) is 11.4 Å². The zero-order chi connectivity index (χ0) is 22.7. The second-order valence-electron chi connectivity index (χ2n) is 8.77. The summed E-state index contributed by atoms with van der Waals surface area (Å²) in [6.07, 6.45) is 0. The number of nitrogens with zero attached hydrogens (tertiary/aromatic N) is 4. The maximum atomic E-state index is 12.5. The summed E-state index contributed by atoms with van der Waals surface area (Å²) >= 11 is 1.30. The van der Waals surface area contributed by atoms with Gasteiger partial charge in [-0.2, -0.15) is 0 Å². The molecule has 1 aliphatic heterocycles. The largest absolute Gasteiger partial charge is 0.336 e. The summed E-state index contributed by atoms with van der Waals surface area (Å²) in [5, 5.41) is 12.1. The Kier molecular flexibility index (Phi) is 6.32. The summed E-state index contributed by atoms with van der Waals surface area (Å²) in [5.41, 5.74) is 3.41. The van der Waals surface area contributed by atoms with E-state index in [1.54, 1.807) is 0 Å². The van der Waals surface area contributed by atoms with Gasteiger partial charge in [0.15, 0.2) is 11.0 Å². The highest BCUT2D eigenvalue weighted by atomic mass is 32.2. The molecule has 0 unspecified atom stereocenters. The Morgan fingerprint density at radius 3 is 2.41 bits per heavy atom. The fourth-order valence-corrected chi connectivity index (χ4v) is 4.36. The lowest BCUT2D eigenvalue weighted by Gasteiger charge is -2.19. The van der Waals surface area contributed by atoms with Gasteiger partial charge in [0.05, 0.1) is 12.3 Å². The molecule has 3 amide bonds. The average Bonchev–Trinajstić information content (AvgIpc) is 3.38. The minimum atomic E-state index is -0.332. The van der Waals surface area contributed by atoms with Crippen LogP contribution in [-0.4, -0.2) is 50.4 Å². The first-order valence-electron chi connectivity index (χ1n) is 10.6. The van der Waals surface area contributed by atoms with Crippen LogP contribution in [0.25, 0.3) is 11.4 Å². The molecule has 0 aliphatic carbocycles. The minimum Gasteiger partial charge on any atom is -0.336 e. The molecule has 4 rings (SSSR count). The lowest BCUT2D eigenvalue weighted by atomic mass is 9.87. The van der Waals surface area contributed by atoms with Crippen molar-refractivity contribution in [2.24, 2.45) is 0 Å². The first-order valence-corrected chi connectivity index (χ1v) is 11.6. The van der Waals surface area contributed by atoms with Crippen LogP contribution in [0.3, 0.4) is 0 Å². The number of carbonyl (C=O) groups is 2. The molecule has 2 heterocycles. The van der Waals surface area contributed by atoms with Gasteiger partial charge in [-0.1, -0.05) is 87.1 Å². The molecule has 3 aromatic rings.